The summed E-state index contributed by atoms with van der Waals surface area (Å²) in [6.07, 6.45) is 2.92. The molecule has 106 valence electrons. The van der Waals surface area contributed by atoms with Gasteiger partial charge in [-0.05, 0) is 54.5 Å². The number of rotatable bonds is 2. The van der Waals surface area contributed by atoms with Crippen LogP contribution in [-0.2, 0) is 11.2 Å². The van der Waals surface area contributed by atoms with E-state index < -0.39 is 0 Å². The maximum absolute atomic E-state index is 12.5. The quantitative estimate of drug-likeness (QED) is 0.896. The standard InChI is InChI=1S/C16H13ClN2OS/c17-11-5-4-10(9-18)14(8-11)19-16(20)13-2-1-3-15-12(13)6-7-21-15/h4-8,13H,1-3H2,(H,19,20). The molecule has 1 amide bonds. The van der Waals surface area contributed by atoms with E-state index in [2.05, 4.69) is 11.4 Å². The number of thiophene rings is 1. The van der Waals surface area contributed by atoms with Crippen molar-refractivity contribution in [2.45, 2.75) is 25.2 Å². The van der Waals surface area contributed by atoms with Crippen LogP contribution >= 0.6 is 22.9 Å². The normalized spacial score (nSPS) is 16.9. The first-order chi connectivity index (χ1) is 10.2. The average molecular weight is 317 g/mol. The monoisotopic (exact) mass is 316 g/mol. The second-order valence-corrected chi connectivity index (χ2v) is 6.47. The SMILES string of the molecule is N#Cc1ccc(Cl)cc1NC(=O)C1CCCc2sccc21. The lowest BCUT2D eigenvalue weighted by atomic mass is 9.87. The number of aryl methyl sites for hydroxylation is 1. The number of nitrogens with one attached hydrogen (secondary N) is 1. The van der Waals surface area contributed by atoms with Crippen LogP contribution in [0.1, 0.15) is 34.8 Å². The van der Waals surface area contributed by atoms with Crippen LogP contribution in [0.15, 0.2) is 29.6 Å². The van der Waals surface area contributed by atoms with E-state index in [9.17, 15) is 4.79 Å². The fraction of sp³-hybridized carbons (Fsp3) is 0.250. The van der Waals surface area contributed by atoms with Gasteiger partial charge in [-0.3, -0.25) is 4.79 Å². The van der Waals surface area contributed by atoms with E-state index in [1.165, 1.54) is 4.88 Å². The first kappa shape index (κ1) is 14.1. The fourth-order valence-electron chi connectivity index (χ4n) is 2.70. The highest BCUT2D eigenvalue weighted by molar-refractivity contribution is 7.10. The number of hydrogen-bond donors (Lipinski definition) is 1. The molecule has 3 rings (SSSR count). The maximum Gasteiger partial charge on any atom is 0.231 e. The van der Waals surface area contributed by atoms with E-state index in [-0.39, 0.29) is 11.8 Å². The van der Waals surface area contributed by atoms with Gasteiger partial charge >= 0.3 is 0 Å². The molecule has 0 radical (unpaired) electrons. The van der Waals surface area contributed by atoms with Gasteiger partial charge in [0, 0.05) is 9.90 Å². The minimum Gasteiger partial charge on any atom is -0.324 e. The van der Waals surface area contributed by atoms with Gasteiger partial charge in [-0.15, -0.1) is 11.3 Å². The van der Waals surface area contributed by atoms with Crippen molar-refractivity contribution in [2.75, 3.05) is 5.32 Å². The number of fused-ring (bicyclic) bond motifs is 1. The van der Waals surface area contributed by atoms with E-state index in [1.54, 1.807) is 29.5 Å². The molecule has 1 heterocycles. The number of carbonyl (C=O) groups is 1. The molecule has 21 heavy (non-hydrogen) atoms. The van der Waals surface area contributed by atoms with Crippen LogP contribution in [0.2, 0.25) is 5.02 Å². The molecule has 0 spiro atoms. The van der Waals surface area contributed by atoms with Crippen LogP contribution < -0.4 is 5.32 Å². The Labute approximate surface area is 132 Å². The third-order valence-electron chi connectivity index (χ3n) is 3.73. The van der Waals surface area contributed by atoms with Crippen molar-refractivity contribution in [2.24, 2.45) is 0 Å². The molecule has 0 bridgehead atoms. The van der Waals surface area contributed by atoms with Gasteiger partial charge in [-0.2, -0.15) is 5.26 Å². The minimum atomic E-state index is -0.134. The van der Waals surface area contributed by atoms with Crippen LogP contribution in [0.25, 0.3) is 0 Å². The molecule has 5 heteroatoms. The molecule has 1 aliphatic rings. The molecule has 2 aromatic rings. The molecule has 1 aromatic heterocycles. The van der Waals surface area contributed by atoms with E-state index in [1.807, 2.05) is 11.4 Å². The third kappa shape index (κ3) is 2.80. The van der Waals surface area contributed by atoms with Crippen molar-refractivity contribution in [3.05, 3.63) is 50.7 Å². The Morgan fingerprint density at radius 1 is 1.43 bits per heavy atom. The van der Waals surface area contributed by atoms with Gasteiger partial charge in [-0.1, -0.05) is 11.6 Å². The summed E-state index contributed by atoms with van der Waals surface area (Å²) in [5, 5.41) is 14.5. The topological polar surface area (TPSA) is 52.9 Å². The summed E-state index contributed by atoms with van der Waals surface area (Å²) in [5.74, 6) is -0.196. The Bertz CT molecular complexity index is 732. The second kappa shape index (κ2) is 5.88. The Balaban J connectivity index is 1.86. The Morgan fingerprint density at radius 2 is 2.29 bits per heavy atom. The van der Waals surface area contributed by atoms with E-state index in [4.69, 9.17) is 16.9 Å². The predicted octanol–water partition coefficient (Wildman–Crippen LogP) is 4.33. The van der Waals surface area contributed by atoms with Crippen molar-refractivity contribution >= 4 is 34.5 Å². The smallest absolute Gasteiger partial charge is 0.231 e. The average Bonchev–Trinajstić information content (AvgIpc) is 2.95. The molecular formula is C16H13ClN2OS. The minimum absolute atomic E-state index is 0.0619. The number of carbonyl (C=O) groups excluding carboxylic acids is 1. The van der Waals surface area contributed by atoms with E-state index in [0.717, 1.165) is 24.8 Å². The second-order valence-electron chi connectivity index (χ2n) is 5.03. The largest absolute Gasteiger partial charge is 0.324 e. The van der Waals surface area contributed by atoms with Crippen molar-refractivity contribution in [1.82, 2.24) is 0 Å². The van der Waals surface area contributed by atoms with Crippen molar-refractivity contribution in [3.63, 3.8) is 0 Å². The molecule has 1 aliphatic carbocycles. The van der Waals surface area contributed by atoms with Gasteiger partial charge in [-0.25, -0.2) is 0 Å². The van der Waals surface area contributed by atoms with Crippen molar-refractivity contribution in [3.8, 4) is 6.07 Å². The number of nitrogens with zero attached hydrogens (tertiary/aromatic N) is 1. The molecule has 1 atom stereocenters. The molecule has 0 saturated carbocycles. The third-order valence-corrected chi connectivity index (χ3v) is 4.96. The number of amides is 1. The summed E-state index contributed by atoms with van der Waals surface area (Å²) in [5.41, 5.74) is 2.04. The van der Waals surface area contributed by atoms with Crippen LogP contribution in [0.3, 0.4) is 0 Å². The Morgan fingerprint density at radius 3 is 3.10 bits per heavy atom. The molecule has 0 fully saturated rings. The molecule has 0 aliphatic heterocycles. The van der Waals surface area contributed by atoms with E-state index in [0.29, 0.717) is 16.3 Å². The number of hydrogen-bond acceptors (Lipinski definition) is 3. The summed E-state index contributed by atoms with van der Waals surface area (Å²) < 4.78 is 0. The predicted molar refractivity (Wildman–Crippen MR) is 84.8 cm³/mol. The van der Waals surface area contributed by atoms with Gasteiger partial charge in [0.1, 0.15) is 6.07 Å². The highest BCUT2D eigenvalue weighted by Crippen LogP contribution is 2.36. The van der Waals surface area contributed by atoms with Gasteiger partial charge < -0.3 is 5.32 Å². The lowest BCUT2D eigenvalue weighted by Crippen LogP contribution is -2.24. The molecule has 1 N–H and O–H groups in total. The fourth-order valence-corrected chi connectivity index (χ4v) is 3.86. The summed E-state index contributed by atoms with van der Waals surface area (Å²) in [6.45, 7) is 0. The molecule has 1 unspecified atom stereocenters. The molecule has 3 nitrogen and oxygen atoms in total. The highest BCUT2D eigenvalue weighted by atomic mass is 35.5. The molecule has 1 aromatic carbocycles. The zero-order valence-corrected chi connectivity index (χ0v) is 12.8. The van der Waals surface area contributed by atoms with Crippen LogP contribution in [0.4, 0.5) is 5.69 Å². The first-order valence-electron chi connectivity index (χ1n) is 6.76. The lowest BCUT2D eigenvalue weighted by molar-refractivity contribution is -0.117. The van der Waals surface area contributed by atoms with Crippen LogP contribution in [0, 0.1) is 11.3 Å². The highest BCUT2D eigenvalue weighted by Gasteiger charge is 2.27. The van der Waals surface area contributed by atoms with Crippen LogP contribution in [-0.4, -0.2) is 5.91 Å². The van der Waals surface area contributed by atoms with Crippen molar-refractivity contribution in [1.29, 1.82) is 5.26 Å². The molecule has 0 saturated heterocycles. The maximum atomic E-state index is 12.5. The lowest BCUT2D eigenvalue weighted by Gasteiger charge is -2.22. The summed E-state index contributed by atoms with van der Waals surface area (Å²) in [4.78, 5) is 13.8. The zero-order valence-electron chi connectivity index (χ0n) is 11.2. The number of benzene rings is 1. The van der Waals surface area contributed by atoms with Gasteiger partial charge in [0.25, 0.3) is 0 Å². The molecular weight excluding hydrogens is 304 g/mol. The number of halogens is 1. The number of anilines is 1. The number of nitriles is 1. The summed E-state index contributed by atoms with van der Waals surface area (Å²) in [6, 6.07) is 8.99. The van der Waals surface area contributed by atoms with Gasteiger partial charge in [0.2, 0.25) is 5.91 Å². The van der Waals surface area contributed by atoms with Crippen molar-refractivity contribution < 1.29 is 4.79 Å². The Hall–Kier alpha value is -1.83. The summed E-state index contributed by atoms with van der Waals surface area (Å²) >= 11 is 7.66. The zero-order chi connectivity index (χ0) is 14.8. The van der Waals surface area contributed by atoms with E-state index >= 15 is 0 Å². The van der Waals surface area contributed by atoms with Gasteiger partial charge in [0.15, 0.2) is 0 Å². The first-order valence-corrected chi connectivity index (χ1v) is 8.01. The Kier molecular flexibility index (Phi) is 3.96. The summed E-state index contributed by atoms with van der Waals surface area (Å²) in [7, 11) is 0. The van der Waals surface area contributed by atoms with Gasteiger partial charge in [0.05, 0.1) is 17.2 Å². The van der Waals surface area contributed by atoms with Crippen LogP contribution in [0.5, 0.6) is 0 Å².